The van der Waals surface area contributed by atoms with Crippen LogP contribution in [-0.2, 0) is 14.3 Å². The second-order valence-corrected chi connectivity index (χ2v) is 9.64. The van der Waals surface area contributed by atoms with Crippen molar-refractivity contribution in [2.75, 3.05) is 25.1 Å². The number of amides is 2. The maximum absolute atomic E-state index is 13.4. The number of carbonyl (C=O) groups excluding carboxylic acids is 2. The lowest BCUT2D eigenvalue weighted by molar-refractivity contribution is -0.131. The second-order valence-electron chi connectivity index (χ2n) is 8.63. The summed E-state index contributed by atoms with van der Waals surface area (Å²) >= 11 is 1.46. The molecule has 2 saturated heterocycles. The molecule has 3 aliphatic heterocycles. The van der Waals surface area contributed by atoms with E-state index in [0.29, 0.717) is 24.1 Å². The third-order valence-electron chi connectivity index (χ3n) is 6.24. The molecule has 4 atom stereocenters. The number of fused-ring (bicyclic) bond motifs is 2. The van der Waals surface area contributed by atoms with Crippen LogP contribution in [0.2, 0.25) is 0 Å². The predicted molar refractivity (Wildman–Crippen MR) is 115 cm³/mol. The van der Waals surface area contributed by atoms with Crippen LogP contribution in [0.5, 0.6) is 5.75 Å². The molecule has 8 heteroatoms. The van der Waals surface area contributed by atoms with Crippen molar-refractivity contribution < 1.29 is 19.1 Å². The molecule has 2 aromatic rings. The lowest BCUT2D eigenvalue weighted by Gasteiger charge is -2.23. The van der Waals surface area contributed by atoms with Crippen molar-refractivity contribution in [2.45, 2.75) is 32.0 Å². The second kappa shape index (κ2) is 7.06. The summed E-state index contributed by atoms with van der Waals surface area (Å²) < 4.78 is 12.5. The van der Waals surface area contributed by atoms with Crippen LogP contribution in [0.25, 0.3) is 10.2 Å². The zero-order chi connectivity index (χ0) is 21.0. The van der Waals surface area contributed by atoms with Crippen LogP contribution >= 0.6 is 11.3 Å². The summed E-state index contributed by atoms with van der Waals surface area (Å²) in [6.45, 7) is 5.24. The summed E-state index contributed by atoms with van der Waals surface area (Å²) in [4.78, 5) is 32.7. The Labute approximate surface area is 179 Å². The van der Waals surface area contributed by atoms with Crippen molar-refractivity contribution in [1.29, 1.82) is 0 Å². The SMILES string of the molecule is COc1ccc2sc(N3C[C@@]45C=C[C@@H](O4)C(C(=O)NCCC(C)C)C5C3=O)nc2c1. The van der Waals surface area contributed by atoms with Gasteiger partial charge in [0.25, 0.3) is 0 Å². The summed E-state index contributed by atoms with van der Waals surface area (Å²) in [7, 11) is 1.62. The molecule has 0 radical (unpaired) electrons. The fourth-order valence-electron chi connectivity index (χ4n) is 4.70. The largest absolute Gasteiger partial charge is 0.497 e. The van der Waals surface area contributed by atoms with Gasteiger partial charge in [0.2, 0.25) is 11.8 Å². The van der Waals surface area contributed by atoms with Crippen molar-refractivity contribution in [3.05, 3.63) is 30.4 Å². The molecular weight excluding hydrogens is 402 g/mol. The van der Waals surface area contributed by atoms with E-state index < -0.39 is 17.4 Å². The number of anilines is 1. The van der Waals surface area contributed by atoms with Gasteiger partial charge in [-0.2, -0.15) is 0 Å². The maximum Gasteiger partial charge on any atom is 0.236 e. The summed E-state index contributed by atoms with van der Waals surface area (Å²) in [5.74, 6) is 0.0555. The molecular formula is C22H25N3O4S. The molecule has 3 aliphatic rings. The quantitative estimate of drug-likeness (QED) is 0.717. The first kappa shape index (κ1) is 19.5. The minimum Gasteiger partial charge on any atom is -0.497 e. The van der Waals surface area contributed by atoms with Gasteiger partial charge in [-0.15, -0.1) is 0 Å². The molecule has 4 heterocycles. The Kier molecular flexibility index (Phi) is 4.59. The molecule has 2 amide bonds. The average molecular weight is 428 g/mol. The topological polar surface area (TPSA) is 80.8 Å². The van der Waals surface area contributed by atoms with Gasteiger partial charge in [0.1, 0.15) is 11.4 Å². The van der Waals surface area contributed by atoms with Crippen LogP contribution in [0, 0.1) is 17.8 Å². The highest BCUT2D eigenvalue weighted by atomic mass is 32.1. The maximum atomic E-state index is 13.4. The van der Waals surface area contributed by atoms with Gasteiger partial charge in [-0.25, -0.2) is 4.98 Å². The highest BCUT2D eigenvalue weighted by Crippen LogP contribution is 2.53. The number of rotatable bonds is 6. The Morgan fingerprint density at radius 3 is 3.07 bits per heavy atom. The molecule has 2 fully saturated rings. The summed E-state index contributed by atoms with van der Waals surface area (Å²) in [6.07, 6.45) is 4.47. The van der Waals surface area contributed by atoms with Gasteiger partial charge < -0.3 is 14.8 Å². The van der Waals surface area contributed by atoms with E-state index in [1.807, 2.05) is 30.4 Å². The van der Waals surface area contributed by atoms with Crippen molar-refractivity contribution in [2.24, 2.45) is 17.8 Å². The van der Waals surface area contributed by atoms with Gasteiger partial charge in [0.05, 0.1) is 41.8 Å². The number of carbonyl (C=O) groups is 2. The van der Waals surface area contributed by atoms with E-state index >= 15 is 0 Å². The fraction of sp³-hybridized carbons (Fsp3) is 0.500. The molecule has 1 spiro atoms. The first-order valence-electron chi connectivity index (χ1n) is 10.3. The molecule has 0 aliphatic carbocycles. The minimum absolute atomic E-state index is 0.0862. The monoisotopic (exact) mass is 427 g/mol. The molecule has 2 bridgehead atoms. The van der Waals surface area contributed by atoms with Gasteiger partial charge in [-0.1, -0.05) is 37.3 Å². The first-order chi connectivity index (χ1) is 14.4. The summed E-state index contributed by atoms with van der Waals surface area (Å²) in [5.41, 5.74) is 0.0533. The summed E-state index contributed by atoms with van der Waals surface area (Å²) in [5, 5.41) is 3.64. The van der Waals surface area contributed by atoms with E-state index in [1.165, 1.54) is 11.3 Å². The minimum atomic E-state index is -0.739. The van der Waals surface area contributed by atoms with Crippen LogP contribution in [0.3, 0.4) is 0 Å². The first-order valence-corrected chi connectivity index (χ1v) is 11.1. The molecule has 2 unspecified atom stereocenters. The lowest BCUT2D eigenvalue weighted by atomic mass is 9.77. The van der Waals surface area contributed by atoms with Gasteiger partial charge in [-0.3, -0.25) is 14.5 Å². The zero-order valence-corrected chi connectivity index (χ0v) is 18.1. The molecule has 7 nitrogen and oxygen atoms in total. The van der Waals surface area contributed by atoms with Crippen LogP contribution in [0.15, 0.2) is 30.4 Å². The number of hydrogen-bond acceptors (Lipinski definition) is 6. The number of ether oxygens (including phenoxy) is 2. The van der Waals surface area contributed by atoms with Crippen LogP contribution < -0.4 is 15.0 Å². The van der Waals surface area contributed by atoms with E-state index in [4.69, 9.17) is 9.47 Å². The van der Waals surface area contributed by atoms with Crippen LogP contribution in [0.4, 0.5) is 5.13 Å². The van der Waals surface area contributed by atoms with E-state index in [2.05, 4.69) is 24.1 Å². The third kappa shape index (κ3) is 2.93. The predicted octanol–water partition coefficient (Wildman–Crippen LogP) is 2.75. The van der Waals surface area contributed by atoms with Crippen molar-refractivity contribution in [3.8, 4) is 5.75 Å². The Hall–Kier alpha value is -2.45. The Morgan fingerprint density at radius 1 is 1.47 bits per heavy atom. The number of thiazole rings is 1. The van der Waals surface area contributed by atoms with Crippen molar-refractivity contribution >= 4 is 38.5 Å². The Morgan fingerprint density at radius 2 is 2.30 bits per heavy atom. The molecule has 1 aromatic heterocycles. The normalized spacial score (nSPS) is 29.3. The van der Waals surface area contributed by atoms with Crippen molar-refractivity contribution in [1.82, 2.24) is 10.3 Å². The van der Waals surface area contributed by atoms with Gasteiger partial charge in [-0.05, 0) is 24.5 Å². The number of benzene rings is 1. The number of methoxy groups -OCH3 is 1. The molecule has 30 heavy (non-hydrogen) atoms. The van der Waals surface area contributed by atoms with Gasteiger partial charge >= 0.3 is 0 Å². The van der Waals surface area contributed by atoms with Gasteiger partial charge in [0.15, 0.2) is 5.13 Å². The lowest BCUT2D eigenvalue weighted by Crippen LogP contribution is -2.44. The molecule has 158 valence electrons. The smallest absolute Gasteiger partial charge is 0.236 e. The van der Waals surface area contributed by atoms with Crippen LogP contribution in [0.1, 0.15) is 20.3 Å². The summed E-state index contributed by atoms with van der Waals surface area (Å²) in [6, 6.07) is 5.69. The van der Waals surface area contributed by atoms with Gasteiger partial charge in [0, 0.05) is 12.6 Å². The molecule has 5 rings (SSSR count). The molecule has 1 N–H and O–H groups in total. The Bertz CT molecular complexity index is 1050. The number of aromatic nitrogens is 1. The zero-order valence-electron chi connectivity index (χ0n) is 17.3. The molecule has 0 saturated carbocycles. The highest BCUT2D eigenvalue weighted by Gasteiger charge is 2.67. The third-order valence-corrected chi connectivity index (χ3v) is 7.30. The van der Waals surface area contributed by atoms with E-state index in [-0.39, 0.29) is 17.9 Å². The highest BCUT2D eigenvalue weighted by molar-refractivity contribution is 7.22. The standard InChI is InChI=1S/C22H25N3O4S/c1-12(2)7-9-23-19(26)17-15-6-8-22(29-15)11-25(20(27)18(17)22)21-24-14-10-13(28-3)4-5-16(14)30-21/h4-6,8,10,12,15,17-18H,7,9,11H2,1-3H3,(H,23,26)/t15-,17?,18?,22-/m1/s1. The van der Waals surface area contributed by atoms with E-state index in [1.54, 1.807) is 12.0 Å². The van der Waals surface area contributed by atoms with Crippen molar-refractivity contribution in [3.63, 3.8) is 0 Å². The van der Waals surface area contributed by atoms with E-state index in [9.17, 15) is 9.59 Å². The number of nitrogens with one attached hydrogen (secondary N) is 1. The Balaban J connectivity index is 1.41. The molecule has 1 aromatic carbocycles. The fourth-order valence-corrected chi connectivity index (χ4v) is 5.65. The number of hydrogen-bond donors (Lipinski definition) is 1. The number of nitrogens with zero attached hydrogens (tertiary/aromatic N) is 2. The van der Waals surface area contributed by atoms with E-state index in [0.717, 1.165) is 22.4 Å². The van der Waals surface area contributed by atoms with Crippen LogP contribution in [-0.4, -0.2) is 48.7 Å². The average Bonchev–Trinajstić information content (AvgIpc) is 3.45.